The van der Waals surface area contributed by atoms with Crippen molar-refractivity contribution >= 4 is 15.8 Å². The van der Waals surface area contributed by atoms with Crippen LogP contribution in [0.25, 0.3) is 0 Å². The molecule has 7 heteroatoms. The number of rotatable bonds is 5. The maximum absolute atomic E-state index is 12.1. The van der Waals surface area contributed by atoms with Gasteiger partial charge in [-0.2, -0.15) is 5.26 Å². The van der Waals surface area contributed by atoms with Crippen molar-refractivity contribution in [3.63, 3.8) is 0 Å². The monoisotopic (exact) mass is 302 g/mol. The number of pyridine rings is 1. The molecule has 0 aliphatic rings. The smallest absolute Gasteiger partial charge is 0.242 e. The van der Waals surface area contributed by atoms with Crippen LogP contribution in [0.2, 0.25) is 0 Å². The molecule has 0 fully saturated rings. The third-order valence-electron chi connectivity index (χ3n) is 2.85. The maximum Gasteiger partial charge on any atom is 0.242 e. The van der Waals surface area contributed by atoms with E-state index in [1.807, 2.05) is 6.07 Å². The normalized spacial score (nSPS) is 10.9. The highest BCUT2D eigenvalue weighted by molar-refractivity contribution is 7.89. The number of nitrogens with one attached hydrogen (secondary N) is 2. The standard InChI is InChI=1S/C14H14N4O2S/c1-16-14-7-6-13(10-17-14)21(19,20)18-9-12-4-2-11(8-15)3-5-12/h2-7,10,18H,9H2,1H3,(H,16,17). The summed E-state index contributed by atoms with van der Waals surface area (Å²) in [6.07, 6.45) is 1.30. The molecule has 108 valence electrons. The van der Waals surface area contributed by atoms with Gasteiger partial charge in [0.2, 0.25) is 10.0 Å². The van der Waals surface area contributed by atoms with Crippen molar-refractivity contribution in [2.45, 2.75) is 11.4 Å². The zero-order valence-corrected chi connectivity index (χ0v) is 12.2. The van der Waals surface area contributed by atoms with Gasteiger partial charge >= 0.3 is 0 Å². The van der Waals surface area contributed by atoms with Crippen molar-refractivity contribution in [1.29, 1.82) is 5.26 Å². The van der Waals surface area contributed by atoms with Crippen LogP contribution in [0.15, 0.2) is 47.5 Å². The lowest BCUT2D eigenvalue weighted by atomic mass is 10.1. The van der Waals surface area contributed by atoms with E-state index in [1.165, 1.54) is 12.3 Å². The lowest BCUT2D eigenvalue weighted by Crippen LogP contribution is -2.23. The Bertz CT molecular complexity index is 747. The van der Waals surface area contributed by atoms with E-state index in [-0.39, 0.29) is 11.4 Å². The molecule has 0 radical (unpaired) electrons. The van der Waals surface area contributed by atoms with Crippen LogP contribution in [0.3, 0.4) is 0 Å². The summed E-state index contributed by atoms with van der Waals surface area (Å²) in [5, 5.41) is 11.5. The first-order valence-corrected chi connectivity index (χ1v) is 7.66. The minimum atomic E-state index is -3.60. The molecule has 0 saturated heterocycles. The van der Waals surface area contributed by atoms with Crippen LogP contribution in [-0.2, 0) is 16.6 Å². The third-order valence-corrected chi connectivity index (χ3v) is 4.24. The molecular formula is C14H14N4O2S. The van der Waals surface area contributed by atoms with Gasteiger partial charge in [0, 0.05) is 19.8 Å². The minimum absolute atomic E-state index is 0.107. The second kappa shape index (κ2) is 6.35. The number of sulfonamides is 1. The zero-order chi connectivity index (χ0) is 15.3. The van der Waals surface area contributed by atoms with Gasteiger partial charge in [-0.15, -0.1) is 0 Å². The van der Waals surface area contributed by atoms with Crippen molar-refractivity contribution in [2.24, 2.45) is 0 Å². The fraction of sp³-hybridized carbons (Fsp3) is 0.143. The Labute approximate surface area is 123 Å². The van der Waals surface area contributed by atoms with Crippen LogP contribution >= 0.6 is 0 Å². The highest BCUT2D eigenvalue weighted by Crippen LogP contribution is 2.11. The van der Waals surface area contributed by atoms with Crippen molar-refractivity contribution in [3.05, 3.63) is 53.7 Å². The summed E-state index contributed by atoms with van der Waals surface area (Å²) < 4.78 is 26.7. The molecule has 2 N–H and O–H groups in total. The van der Waals surface area contributed by atoms with Gasteiger partial charge in [0.05, 0.1) is 11.6 Å². The molecule has 0 spiro atoms. The fourth-order valence-electron chi connectivity index (χ4n) is 1.65. The summed E-state index contributed by atoms with van der Waals surface area (Å²) in [7, 11) is -1.90. The predicted octanol–water partition coefficient (Wildman–Crippen LogP) is 1.47. The van der Waals surface area contributed by atoms with Gasteiger partial charge in [-0.05, 0) is 29.8 Å². The van der Waals surface area contributed by atoms with Crippen molar-refractivity contribution in [2.75, 3.05) is 12.4 Å². The SMILES string of the molecule is CNc1ccc(S(=O)(=O)NCc2ccc(C#N)cc2)cn1. The van der Waals surface area contributed by atoms with Gasteiger partial charge in [0.15, 0.2) is 0 Å². The molecule has 0 atom stereocenters. The number of anilines is 1. The Hall–Kier alpha value is -2.43. The summed E-state index contributed by atoms with van der Waals surface area (Å²) in [6.45, 7) is 0.155. The highest BCUT2D eigenvalue weighted by atomic mass is 32.2. The zero-order valence-electron chi connectivity index (χ0n) is 11.4. The van der Waals surface area contributed by atoms with Crippen molar-refractivity contribution < 1.29 is 8.42 Å². The molecule has 1 aromatic carbocycles. The summed E-state index contributed by atoms with van der Waals surface area (Å²) in [4.78, 5) is 4.08. The van der Waals surface area contributed by atoms with E-state index in [4.69, 9.17) is 5.26 Å². The second-order valence-corrected chi connectivity index (χ2v) is 6.03. The van der Waals surface area contributed by atoms with Crippen LogP contribution in [0.5, 0.6) is 0 Å². The minimum Gasteiger partial charge on any atom is -0.373 e. The fourth-order valence-corrected chi connectivity index (χ4v) is 2.61. The quantitative estimate of drug-likeness (QED) is 0.872. The third kappa shape index (κ3) is 3.78. The predicted molar refractivity (Wildman–Crippen MR) is 79.0 cm³/mol. The summed E-state index contributed by atoms with van der Waals surface area (Å²) in [5.74, 6) is 0.598. The lowest BCUT2D eigenvalue weighted by molar-refractivity contribution is 0.581. The summed E-state index contributed by atoms with van der Waals surface area (Å²) >= 11 is 0. The molecule has 21 heavy (non-hydrogen) atoms. The first kappa shape index (κ1) is 15.0. The molecule has 0 amide bonds. The maximum atomic E-state index is 12.1. The molecular weight excluding hydrogens is 288 g/mol. The lowest BCUT2D eigenvalue weighted by Gasteiger charge is -2.07. The van der Waals surface area contributed by atoms with Gasteiger partial charge in [0.25, 0.3) is 0 Å². The molecule has 0 bridgehead atoms. The topological polar surface area (TPSA) is 94.9 Å². The van der Waals surface area contributed by atoms with Gasteiger partial charge in [-0.3, -0.25) is 0 Å². The number of benzene rings is 1. The number of nitrogens with zero attached hydrogens (tertiary/aromatic N) is 2. The van der Waals surface area contributed by atoms with Crippen LogP contribution < -0.4 is 10.0 Å². The Kier molecular flexibility index (Phi) is 4.52. The van der Waals surface area contributed by atoms with E-state index in [2.05, 4.69) is 15.0 Å². The number of hydrogen-bond acceptors (Lipinski definition) is 5. The second-order valence-electron chi connectivity index (χ2n) is 4.26. The molecule has 2 aromatic rings. The first-order chi connectivity index (χ1) is 10.0. The van der Waals surface area contributed by atoms with E-state index in [9.17, 15) is 8.42 Å². The first-order valence-electron chi connectivity index (χ1n) is 6.17. The average Bonchev–Trinajstić information content (AvgIpc) is 2.53. The summed E-state index contributed by atoms with van der Waals surface area (Å²) in [5.41, 5.74) is 1.31. The van der Waals surface area contributed by atoms with Gasteiger partial charge in [-0.25, -0.2) is 18.1 Å². The van der Waals surface area contributed by atoms with E-state index < -0.39 is 10.0 Å². The largest absolute Gasteiger partial charge is 0.373 e. The van der Waals surface area contributed by atoms with Gasteiger partial charge < -0.3 is 5.32 Å². The Morgan fingerprint density at radius 3 is 2.43 bits per heavy atom. The molecule has 1 heterocycles. The molecule has 1 aromatic heterocycles. The molecule has 0 aliphatic carbocycles. The Morgan fingerprint density at radius 2 is 1.90 bits per heavy atom. The van der Waals surface area contributed by atoms with Crippen LogP contribution in [0, 0.1) is 11.3 Å². The molecule has 0 saturated carbocycles. The Balaban J connectivity index is 2.08. The van der Waals surface area contributed by atoms with E-state index in [1.54, 1.807) is 37.4 Å². The number of hydrogen-bond donors (Lipinski definition) is 2. The van der Waals surface area contributed by atoms with E-state index >= 15 is 0 Å². The number of nitriles is 1. The molecule has 6 nitrogen and oxygen atoms in total. The van der Waals surface area contributed by atoms with Crippen molar-refractivity contribution in [1.82, 2.24) is 9.71 Å². The van der Waals surface area contributed by atoms with Crippen LogP contribution in [0.4, 0.5) is 5.82 Å². The van der Waals surface area contributed by atoms with Gasteiger partial charge in [-0.1, -0.05) is 12.1 Å². The number of aromatic nitrogens is 1. The highest BCUT2D eigenvalue weighted by Gasteiger charge is 2.14. The molecule has 2 rings (SSSR count). The van der Waals surface area contributed by atoms with Gasteiger partial charge in [0.1, 0.15) is 10.7 Å². The molecule has 0 aliphatic heterocycles. The average molecular weight is 302 g/mol. The van der Waals surface area contributed by atoms with Crippen LogP contribution in [0.1, 0.15) is 11.1 Å². The van der Waals surface area contributed by atoms with Crippen LogP contribution in [-0.4, -0.2) is 20.4 Å². The van der Waals surface area contributed by atoms with E-state index in [0.717, 1.165) is 5.56 Å². The molecule has 0 unspecified atom stereocenters. The van der Waals surface area contributed by atoms with E-state index in [0.29, 0.717) is 11.4 Å². The van der Waals surface area contributed by atoms with Crippen molar-refractivity contribution in [3.8, 4) is 6.07 Å². The Morgan fingerprint density at radius 1 is 1.19 bits per heavy atom. The summed E-state index contributed by atoms with van der Waals surface area (Å²) in [6, 6.07) is 11.8.